The summed E-state index contributed by atoms with van der Waals surface area (Å²) in [6.45, 7) is 2.35. The Kier molecular flexibility index (Phi) is 7.17. The maximum absolute atomic E-state index is 14.7. The average Bonchev–Trinajstić information content (AvgIpc) is 3.56. The van der Waals surface area contributed by atoms with Crippen LogP contribution in [0, 0.1) is 5.82 Å². The minimum Gasteiger partial charge on any atom is -0.384 e. The summed E-state index contributed by atoms with van der Waals surface area (Å²) in [4.78, 5) is 21.9. The van der Waals surface area contributed by atoms with E-state index >= 15 is 0 Å². The van der Waals surface area contributed by atoms with Crippen molar-refractivity contribution in [2.75, 3.05) is 46.6 Å². The lowest BCUT2D eigenvalue weighted by Gasteiger charge is -2.13. The molecule has 6 aromatic rings. The molecule has 0 radical (unpaired) electrons. The number of halogens is 1. The highest BCUT2D eigenvalue weighted by molar-refractivity contribution is 5.96. The van der Waals surface area contributed by atoms with Gasteiger partial charge in [0.2, 0.25) is 0 Å². The van der Waals surface area contributed by atoms with Crippen molar-refractivity contribution < 1.29 is 4.39 Å². The maximum Gasteiger partial charge on any atom is 0.161 e. The Morgan fingerprint density at radius 2 is 1.73 bits per heavy atom. The summed E-state index contributed by atoms with van der Waals surface area (Å²) in [6.07, 6.45) is 3.70. The van der Waals surface area contributed by atoms with Crippen molar-refractivity contribution in [1.82, 2.24) is 39.9 Å². The SMILES string of the molecule is CN(C)CCNc1cc(F)cc(-c2cccc3[nH]c(-c4n[nH]c5ccc(-c6cncc(CN(C)C)c6)nc45)nc23)c1. The Morgan fingerprint density at radius 1 is 0.854 bits per heavy atom. The number of para-hydroxylation sites is 1. The van der Waals surface area contributed by atoms with Crippen molar-refractivity contribution >= 4 is 27.8 Å². The third kappa shape index (κ3) is 5.65. The van der Waals surface area contributed by atoms with Gasteiger partial charge < -0.3 is 20.1 Å². The van der Waals surface area contributed by atoms with Crippen LogP contribution in [-0.2, 0) is 6.54 Å². The van der Waals surface area contributed by atoms with Gasteiger partial charge >= 0.3 is 0 Å². The molecule has 10 heteroatoms. The van der Waals surface area contributed by atoms with E-state index in [-0.39, 0.29) is 5.82 Å². The van der Waals surface area contributed by atoms with Gasteiger partial charge in [0.25, 0.3) is 0 Å². The first-order valence-electron chi connectivity index (χ1n) is 13.5. The van der Waals surface area contributed by atoms with Gasteiger partial charge in [-0.2, -0.15) is 5.10 Å². The molecule has 0 saturated heterocycles. The molecule has 0 saturated carbocycles. The van der Waals surface area contributed by atoms with Crippen LogP contribution in [-0.4, -0.2) is 81.2 Å². The van der Waals surface area contributed by atoms with Gasteiger partial charge in [-0.15, -0.1) is 0 Å². The highest BCUT2D eigenvalue weighted by Gasteiger charge is 2.17. The lowest BCUT2D eigenvalue weighted by atomic mass is 10.0. The molecule has 41 heavy (non-hydrogen) atoms. The topological polar surface area (TPSA) is 102 Å². The number of nitrogens with zero attached hydrogens (tertiary/aromatic N) is 6. The number of pyridine rings is 2. The number of likely N-dealkylation sites (N-methyl/N-ethyl adjacent to an activating group) is 1. The smallest absolute Gasteiger partial charge is 0.161 e. The van der Waals surface area contributed by atoms with Crippen molar-refractivity contribution in [2.45, 2.75) is 6.54 Å². The van der Waals surface area contributed by atoms with Gasteiger partial charge in [0.15, 0.2) is 11.5 Å². The van der Waals surface area contributed by atoms with Gasteiger partial charge in [0.05, 0.1) is 22.2 Å². The lowest BCUT2D eigenvalue weighted by molar-refractivity contribution is 0.402. The average molecular weight is 550 g/mol. The molecule has 4 aromatic heterocycles. The summed E-state index contributed by atoms with van der Waals surface area (Å²) >= 11 is 0. The first-order valence-corrected chi connectivity index (χ1v) is 13.5. The van der Waals surface area contributed by atoms with Crippen LogP contribution in [0.2, 0.25) is 0 Å². The number of nitrogens with one attached hydrogen (secondary N) is 3. The predicted molar refractivity (Wildman–Crippen MR) is 162 cm³/mol. The second kappa shape index (κ2) is 11.1. The molecule has 0 unspecified atom stereocenters. The molecule has 208 valence electrons. The quantitative estimate of drug-likeness (QED) is 0.222. The van der Waals surface area contributed by atoms with Crippen LogP contribution in [0.3, 0.4) is 0 Å². The molecule has 0 atom stereocenters. The van der Waals surface area contributed by atoms with Crippen LogP contribution in [0.25, 0.3) is 56.0 Å². The standard InChI is InChI=1S/C31H32FN9/c1-40(2)11-10-34-23-14-20(13-22(32)15-23)24-6-5-7-26-28(24)37-31(36-26)30-29-27(38-39-30)9-8-25(35-29)21-12-19(16-33-17-21)18-41(3)4/h5-9,12-17,34H,10-11,18H2,1-4H3,(H,36,37)(H,38,39). The van der Waals surface area contributed by atoms with Crippen LogP contribution >= 0.6 is 0 Å². The van der Waals surface area contributed by atoms with Crippen molar-refractivity contribution in [2.24, 2.45) is 0 Å². The van der Waals surface area contributed by atoms with E-state index in [1.54, 1.807) is 0 Å². The Labute approximate surface area is 237 Å². The summed E-state index contributed by atoms with van der Waals surface area (Å²) < 4.78 is 14.7. The minimum atomic E-state index is -0.304. The maximum atomic E-state index is 14.7. The first-order chi connectivity index (χ1) is 19.8. The van der Waals surface area contributed by atoms with Gasteiger partial charge in [-0.3, -0.25) is 10.1 Å². The van der Waals surface area contributed by atoms with Gasteiger partial charge in [0.1, 0.15) is 11.3 Å². The van der Waals surface area contributed by atoms with E-state index in [0.29, 0.717) is 23.6 Å². The molecule has 0 aliphatic rings. The number of aromatic amines is 2. The highest BCUT2D eigenvalue weighted by atomic mass is 19.1. The summed E-state index contributed by atoms with van der Waals surface area (Å²) in [6, 6.07) is 16.9. The molecule has 0 bridgehead atoms. The number of benzene rings is 2. The molecule has 2 aromatic carbocycles. The number of aromatic nitrogens is 6. The number of imidazole rings is 1. The fraction of sp³-hybridized carbons (Fsp3) is 0.226. The highest BCUT2D eigenvalue weighted by Crippen LogP contribution is 2.33. The third-order valence-electron chi connectivity index (χ3n) is 6.83. The predicted octanol–water partition coefficient (Wildman–Crippen LogP) is 5.40. The van der Waals surface area contributed by atoms with Gasteiger partial charge in [0, 0.05) is 48.8 Å². The van der Waals surface area contributed by atoms with Gasteiger partial charge in [-0.05, 0) is 81.8 Å². The van der Waals surface area contributed by atoms with Crippen LogP contribution in [0.1, 0.15) is 5.56 Å². The Balaban J connectivity index is 1.37. The zero-order chi connectivity index (χ0) is 28.5. The fourth-order valence-electron chi connectivity index (χ4n) is 4.95. The summed E-state index contributed by atoms with van der Waals surface area (Å²) in [7, 11) is 8.08. The molecule has 6 rings (SSSR count). The van der Waals surface area contributed by atoms with Gasteiger partial charge in [-0.1, -0.05) is 12.1 Å². The molecule has 0 aliphatic carbocycles. The van der Waals surface area contributed by atoms with Crippen molar-refractivity contribution in [1.29, 1.82) is 0 Å². The molecule has 0 amide bonds. The Bertz CT molecular complexity index is 1840. The molecule has 0 spiro atoms. The number of rotatable bonds is 9. The number of anilines is 1. The summed E-state index contributed by atoms with van der Waals surface area (Å²) in [5.74, 6) is 0.283. The van der Waals surface area contributed by atoms with E-state index in [2.05, 4.69) is 41.3 Å². The van der Waals surface area contributed by atoms with Crippen LogP contribution < -0.4 is 5.32 Å². The number of hydrogen-bond acceptors (Lipinski definition) is 7. The Morgan fingerprint density at radius 3 is 2.56 bits per heavy atom. The van der Waals surface area contributed by atoms with Crippen molar-refractivity contribution in [3.05, 3.63) is 78.4 Å². The first kappa shape index (κ1) is 26.5. The van der Waals surface area contributed by atoms with E-state index in [9.17, 15) is 4.39 Å². The minimum absolute atomic E-state index is 0.304. The van der Waals surface area contributed by atoms with E-state index in [0.717, 1.165) is 63.3 Å². The number of hydrogen-bond donors (Lipinski definition) is 3. The monoisotopic (exact) mass is 549 g/mol. The van der Waals surface area contributed by atoms with Crippen molar-refractivity contribution in [3.63, 3.8) is 0 Å². The zero-order valence-electron chi connectivity index (χ0n) is 23.5. The second-order valence-electron chi connectivity index (χ2n) is 10.7. The van der Waals surface area contributed by atoms with Crippen LogP contribution in [0.15, 0.2) is 67.0 Å². The van der Waals surface area contributed by atoms with E-state index in [4.69, 9.17) is 9.97 Å². The summed E-state index contributed by atoms with van der Waals surface area (Å²) in [5.41, 5.74) is 8.86. The molecular weight excluding hydrogens is 517 g/mol. The third-order valence-corrected chi connectivity index (χ3v) is 6.83. The fourth-order valence-corrected chi connectivity index (χ4v) is 4.95. The lowest BCUT2D eigenvalue weighted by Crippen LogP contribution is -2.20. The number of fused-ring (bicyclic) bond motifs is 2. The normalized spacial score (nSPS) is 11.8. The molecular formula is C31H32FN9. The molecule has 3 N–H and O–H groups in total. The molecule has 0 aliphatic heterocycles. The Hall–Kier alpha value is -4.67. The molecule has 0 fully saturated rings. The largest absolute Gasteiger partial charge is 0.384 e. The molecule has 9 nitrogen and oxygen atoms in total. The second-order valence-corrected chi connectivity index (χ2v) is 10.7. The van der Waals surface area contributed by atoms with E-state index < -0.39 is 0 Å². The number of H-pyrrole nitrogens is 2. The van der Waals surface area contributed by atoms with Crippen LogP contribution in [0.5, 0.6) is 0 Å². The van der Waals surface area contributed by atoms with Crippen molar-refractivity contribution in [3.8, 4) is 33.9 Å². The van der Waals surface area contributed by atoms with E-state index in [1.165, 1.54) is 12.1 Å². The zero-order valence-corrected chi connectivity index (χ0v) is 23.5. The summed E-state index contributed by atoms with van der Waals surface area (Å²) in [5, 5.41) is 10.9. The van der Waals surface area contributed by atoms with Gasteiger partial charge in [-0.25, -0.2) is 14.4 Å². The van der Waals surface area contributed by atoms with E-state index in [1.807, 2.05) is 77.0 Å². The van der Waals surface area contributed by atoms with Crippen LogP contribution in [0.4, 0.5) is 10.1 Å². The molecule has 4 heterocycles.